The molecule has 0 unspecified atom stereocenters. The first-order valence-electron chi connectivity index (χ1n) is 10.2. The average Bonchev–Trinajstić information content (AvgIpc) is 2.76. The Balaban J connectivity index is 1.95. The van der Waals surface area contributed by atoms with Crippen molar-refractivity contribution in [3.8, 4) is 5.75 Å². The second-order valence-corrected chi connectivity index (χ2v) is 9.18. The number of sulfonamides is 1. The van der Waals surface area contributed by atoms with Crippen molar-refractivity contribution in [1.29, 1.82) is 0 Å². The van der Waals surface area contributed by atoms with Crippen LogP contribution in [0.1, 0.15) is 39.8 Å². The number of anilines is 2. The molecule has 3 aromatic rings. The zero-order chi connectivity index (χ0) is 23.5. The molecule has 1 heterocycles. The Morgan fingerprint density at radius 2 is 1.72 bits per heavy atom. The van der Waals surface area contributed by atoms with Crippen molar-refractivity contribution in [2.75, 3.05) is 17.1 Å². The van der Waals surface area contributed by atoms with E-state index in [0.717, 1.165) is 22.5 Å². The zero-order valence-corrected chi connectivity index (χ0v) is 19.6. The molecule has 0 atom stereocenters. The lowest BCUT2D eigenvalue weighted by molar-refractivity contribution is 0.102. The van der Waals surface area contributed by atoms with E-state index in [2.05, 4.69) is 15.0 Å². The van der Waals surface area contributed by atoms with E-state index in [1.165, 1.54) is 19.2 Å². The molecule has 0 bridgehead atoms. The Morgan fingerprint density at radius 3 is 2.34 bits per heavy atom. The number of aromatic nitrogens is 1. The van der Waals surface area contributed by atoms with Crippen molar-refractivity contribution in [3.63, 3.8) is 0 Å². The molecule has 3 rings (SSSR count). The number of ether oxygens (including phenoxy) is 1. The maximum absolute atomic E-state index is 13.2. The highest BCUT2D eigenvalue weighted by Crippen LogP contribution is 2.31. The van der Waals surface area contributed by atoms with Crippen LogP contribution >= 0.6 is 0 Å². The number of methoxy groups -OCH3 is 1. The second-order valence-electron chi connectivity index (χ2n) is 7.53. The number of pyridine rings is 1. The highest BCUT2D eigenvalue weighted by Gasteiger charge is 2.22. The van der Waals surface area contributed by atoms with Gasteiger partial charge in [0.25, 0.3) is 15.9 Å². The minimum Gasteiger partial charge on any atom is -0.495 e. The van der Waals surface area contributed by atoms with Crippen molar-refractivity contribution in [1.82, 2.24) is 4.98 Å². The third-order valence-corrected chi connectivity index (χ3v) is 6.43. The summed E-state index contributed by atoms with van der Waals surface area (Å²) in [6, 6.07) is 13.5. The number of rotatable bonds is 7. The molecule has 2 N–H and O–H groups in total. The van der Waals surface area contributed by atoms with E-state index >= 15 is 0 Å². The first kappa shape index (κ1) is 23.3. The van der Waals surface area contributed by atoms with Gasteiger partial charge in [-0.3, -0.25) is 14.5 Å². The van der Waals surface area contributed by atoms with Gasteiger partial charge in [0.15, 0.2) is 0 Å². The normalized spacial score (nSPS) is 11.2. The number of hydrogen-bond acceptors (Lipinski definition) is 5. The Hall–Kier alpha value is -3.39. The second kappa shape index (κ2) is 9.40. The number of carbonyl (C=O) groups excluding carboxylic acids is 1. The first-order valence-corrected chi connectivity index (χ1v) is 11.7. The van der Waals surface area contributed by atoms with E-state index in [0.29, 0.717) is 23.4 Å². The molecule has 0 spiro atoms. The van der Waals surface area contributed by atoms with Gasteiger partial charge in [0.05, 0.1) is 12.8 Å². The monoisotopic (exact) mass is 453 g/mol. The summed E-state index contributed by atoms with van der Waals surface area (Å²) < 4.78 is 34.4. The number of aryl methyl sites for hydroxylation is 4. The van der Waals surface area contributed by atoms with Crippen LogP contribution in [-0.2, 0) is 16.4 Å². The van der Waals surface area contributed by atoms with Crippen LogP contribution in [0, 0.1) is 20.8 Å². The van der Waals surface area contributed by atoms with Crippen molar-refractivity contribution >= 4 is 27.3 Å². The summed E-state index contributed by atoms with van der Waals surface area (Å²) in [7, 11) is -2.58. The molecular weight excluding hydrogens is 426 g/mol. The summed E-state index contributed by atoms with van der Waals surface area (Å²) in [5.41, 5.74) is 4.47. The summed E-state index contributed by atoms with van der Waals surface area (Å²) in [5, 5.41) is 2.77. The van der Waals surface area contributed by atoms with Gasteiger partial charge in [0.1, 0.15) is 10.6 Å². The summed E-state index contributed by atoms with van der Waals surface area (Å²) in [5.74, 6) is -0.170. The van der Waals surface area contributed by atoms with E-state index in [9.17, 15) is 13.2 Å². The maximum Gasteiger partial charge on any atom is 0.265 e. The van der Waals surface area contributed by atoms with Crippen LogP contribution in [0.4, 0.5) is 11.4 Å². The molecule has 0 fully saturated rings. The molecule has 0 aliphatic rings. The van der Waals surface area contributed by atoms with Gasteiger partial charge in [-0.15, -0.1) is 0 Å². The van der Waals surface area contributed by atoms with Crippen LogP contribution in [-0.4, -0.2) is 26.4 Å². The Kier molecular flexibility index (Phi) is 6.84. The highest BCUT2D eigenvalue weighted by atomic mass is 32.2. The van der Waals surface area contributed by atoms with E-state index in [4.69, 9.17) is 4.74 Å². The number of nitrogens with one attached hydrogen (secondary N) is 2. The van der Waals surface area contributed by atoms with E-state index in [-0.39, 0.29) is 16.6 Å². The molecule has 7 nitrogen and oxygen atoms in total. The van der Waals surface area contributed by atoms with Crippen molar-refractivity contribution in [2.24, 2.45) is 0 Å². The standard InChI is InChI=1S/C24H27N3O4S/c1-6-19-13-18(12-17(4)25-19)24(28)26-20-10-11-21(31-5)22(14-20)32(29,30)27-23-15(2)8-7-9-16(23)3/h7-14,27H,6H2,1-5H3,(H,26,28). The molecule has 0 aliphatic carbocycles. The Labute approximate surface area is 188 Å². The average molecular weight is 454 g/mol. The third-order valence-electron chi connectivity index (χ3n) is 5.06. The van der Waals surface area contributed by atoms with Crippen molar-refractivity contribution in [3.05, 3.63) is 76.6 Å². The number of amides is 1. The van der Waals surface area contributed by atoms with Crippen molar-refractivity contribution < 1.29 is 17.9 Å². The molecule has 0 radical (unpaired) electrons. The van der Waals surface area contributed by atoms with Gasteiger partial charge >= 0.3 is 0 Å². The summed E-state index contributed by atoms with van der Waals surface area (Å²) in [4.78, 5) is 17.1. The first-order chi connectivity index (χ1) is 15.1. The third kappa shape index (κ3) is 5.08. The Morgan fingerprint density at radius 1 is 1.03 bits per heavy atom. The molecule has 0 saturated carbocycles. The molecule has 0 saturated heterocycles. The van der Waals surface area contributed by atoms with Crippen LogP contribution in [0.5, 0.6) is 5.75 Å². The van der Waals surface area contributed by atoms with Gasteiger partial charge in [0, 0.05) is 22.6 Å². The lowest BCUT2D eigenvalue weighted by Crippen LogP contribution is -2.17. The van der Waals surface area contributed by atoms with Crippen LogP contribution in [0.15, 0.2) is 53.4 Å². The minimum absolute atomic E-state index is 0.0689. The number of para-hydroxylation sites is 1. The topological polar surface area (TPSA) is 97.4 Å². The van der Waals surface area contributed by atoms with Gasteiger partial charge in [0.2, 0.25) is 0 Å². The predicted octanol–water partition coefficient (Wildman–Crippen LogP) is 4.63. The largest absolute Gasteiger partial charge is 0.495 e. The lowest BCUT2D eigenvalue weighted by atomic mass is 10.1. The number of nitrogens with zero attached hydrogens (tertiary/aromatic N) is 1. The van der Waals surface area contributed by atoms with Crippen LogP contribution < -0.4 is 14.8 Å². The summed E-state index contributed by atoms with van der Waals surface area (Å²) >= 11 is 0. The smallest absolute Gasteiger partial charge is 0.265 e. The number of hydrogen-bond donors (Lipinski definition) is 2. The molecule has 1 aromatic heterocycles. The van der Waals surface area contributed by atoms with Crippen LogP contribution in [0.2, 0.25) is 0 Å². The fourth-order valence-electron chi connectivity index (χ4n) is 3.38. The van der Waals surface area contributed by atoms with Gasteiger partial charge in [-0.05, 0) is 68.7 Å². The molecule has 32 heavy (non-hydrogen) atoms. The van der Waals surface area contributed by atoms with Gasteiger partial charge < -0.3 is 10.1 Å². The lowest BCUT2D eigenvalue weighted by Gasteiger charge is -2.16. The number of benzene rings is 2. The quantitative estimate of drug-likeness (QED) is 0.544. The van der Waals surface area contributed by atoms with E-state index in [1.807, 2.05) is 45.9 Å². The zero-order valence-electron chi connectivity index (χ0n) is 18.8. The van der Waals surface area contributed by atoms with Crippen LogP contribution in [0.3, 0.4) is 0 Å². The fourth-order valence-corrected chi connectivity index (χ4v) is 4.78. The molecule has 168 valence electrons. The summed E-state index contributed by atoms with van der Waals surface area (Å²) in [6.45, 7) is 7.46. The maximum atomic E-state index is 13.2. The fraction of sp³-hybridized carbons (Fsp3) is 0.250. The van der Waals surface area contributed by atoms with Gasteiger partial charge in [-0.1, -0.05) is 25.1 Å². The van der Waals surface area contributed by atoms with E-state index < -0.39 is 10.0 Å². The number of carbonyl (C=O) groups is 1. The molecule has 1 amide bonds. The predicted molar refractivity (Wildman–Crippen MR) is 126 cm³/mol. The Bertz CT molecular complexity index is 1250. The highest BCUT2D eigenvalue weighted by molar-refractivity contribution is 7.92. The molecular formula is C24H27N3O4S. The van der Waals surface area contributed by atoms with Gasteiger partial charge in [-0.2, -0.15) is 0 Å². The minimum atomic E-state index is -3.98. The molecule has 8 heteroatoms. The van der Waals surface area contributed by atoms with Crippen molar-refractivity contribution in [2.45, 2.75) is 39.0 Å². The van der Waals surface area contributed by atoms with Gasteiger partial charge in [-0.25, -0.2) is 8.42 Å². The molecule has 0 aliphatic heterocycles. The molecule has 2 aromatic carbocycles. The van der Waals surface area contributed by atoms with E-state index in [1.54, 1.807) is 18.2 Å². The SMILES string of the molecule is CCc1cc(C(=O)Nc2ccc(OC)c(S(=O)(=O)Nc3c(C)cccc3C)c2)cc(C)n1. The summed E-state index contributed by atoms with van der Waals surface area (Å²) in [6.07, 6.45) is 0.705. The van der Waals surface area contributed by atoms with Crippen LogP contribution in [0.25, 0.3) is 0 Å².